The van der Waals surface area contributed by atoms with Crippen LogP contribution in [0.25, 0.3) is 17.2 Å². The van der Waals surface area contributed by atoms with Gasteiger partial charge in [-0.15, -0.1) is 0 Å². The van der Waals surface area contributed by atoms with E-state index >= 15 is 0 Å². The van der Waals surface area contributed by atoms with Gasteiger partial charge in [-0.3, -0.25) is 0 Å². The Morgan fingerprint density at radius 2 is 2.03 bits per heavy atom. The van der Waals surface area contributed by atoms with E-state index in [1.165, 1.54) is 11.1 Å². The molecular weight excluding hydrogens is 388 g/mol. The molecule has 1 aromatic carbocycles. The number of rotatable bonds is 8. The van der Waals surface area contributed by atoms with Crippen molar-refractivity contribution < 1.29 is 9.84 Å². The van der Waals surface area contributed by atoms with Crippen LogP contribution in [0.3, 0.4) is 0 Å². The summed E-state index contributed by atoms with van der Waals surface area (Å²) in [5, 5.41) is 17.4. The summed E-state index contributed by atoms with van der Waals surface area (Å²) in [6.45, 7) is 3.41. The maximum absolute atomic E-state index is 10.8. The van der Waals surface area contributed by atoms with Gasteiger partial charge < -0.3 is 30.4 Å². The monoisotopic (exact) mass is 420 g/mol. The molecule has 1 aliphatic heterocycles. The lowest BCUT2D eigenvalue weighted by Crippen LogP contribution is -2.32. The molecule has 1 aliphatic carbocycles. The number of aromatic amines is 1. The van der Waals surface area contributed by atoms with Crippen molar-refractivity contribution in [2.45, 2.75) is 12.5 Å². The van der Waals surface area contributed by atoms with E-state index in [0.29, 0.717) is 6.42 Å². The molecule has 6 nitrogen and oxygen atoms in total. The Hall–Kier alpha value is -2.80. The number of ether oxygens (including phenoxy) is 1. The molecule has 164 valence electrons. The molecule has 0 saturated heterocycles. The summed E-state index contributed by atoms with van der Waals surface area (Å²) in [5.41, 5.74) is 6.76. The molecule has 4 rings (SSSR count). The molecule has 1 atom stereocenters. The van der Waals surface area contributed by atoms with Gasteiger partial charge in [-0.2, -0.15) is 0 Å². The second kappa shape index (κ2) is 9.56. The lowest BCUT2D eigenvalue weighted by atomic mass is 9.88. The first kappa shape index (κ1) is 21.4. The third-order valence-electron chi connectivity index (χ3n) is 6.04. The average molecular weight is 421 g/mol. The minimum atomic E-state index is -0.445. The van der Waals surface area contributed by atoms with Crippen LogP contribution in [0.1, 0.15) is 12.0 Å². The summed E-state index contributed by atoms with van der Waals surface area (Å²) in [6.07, 6.45) is 8.72. The lowest BCUT2D eigenvalue weighted by Gasteiger charge is -2.27. The number of allylic oxidation sites excluding steroid dienone is 2. The van der Waals surface area contributed by atoms with E-state index in [2.05, 4.69) is 51.9 Å². The molecule has 6 heteroatoms. The third-order valence-corrected chi connectivity index (χ3v) is 6.04. The first-order valence-corrected chi connectivity index (χ1v) is 10.8. The third kappa shape index (κ3) is 4.61. The number of benzene rings is 1. The molecule has 0 bridgehead atoms. The van der Waals surface area contributed by atoms with Crippen LogP contribution >= 0.6 is 0 Å². The van der Waals surface area contributed by atoms with Crippen molar-refractivity contribution in [2.75, 3.05) is 52.7 Å². The van der Waals surface area contributed by atoms with Gasteiger partial charge in [0.2, 0.25) is 0 Å². The number of para-hydroxylation sites is 1. The zero-order valence-electron chi connectivity index (χ0n) is 18.5. The first-order valence-electron chi connectivity index (χ1n) is 10.8. The minimum absolute atomic E-state index is 0.445. The molecular formula is C25H32N4O2. The molecule has 0 spiro atoms. The number of H-pyrrole nitrogens is 1. The van der Waals surface area contributed by atoms with Crippen molar-refractivity contribution in [2.24, 2.45) is 0 Å². The highest BCUT2D eigenvalue weighted by atomic mass is 16.5. The zero-order chi connectivity index (χ0) is 21.8. The Bertz CT molecular complexity index is 1020. The Labute approximate surface area is 184 Å². The van der Waals surface area contributed by atoms with E-state index in [1.54, 1.807) is 7.11 Å². The standard InChI is InChI=1S/C25H32N4O2/c1-26-10-11-29(2)16-18-9-8-17(13-23(18)30)19-12-21-22(15-28-25(21)27-14-19)20-6-4-5-7-24(20)31-3/h4-9,12,15,23,26-28,30H,10-11,13-14,16H2,1-3H3. The molecule has 1 aromatic heterocycles. The maximum Gasteiger partial charge on any atom is 0.126 e. The van der Waals surface area contributed by atoms with Gasteiger partial charge >= 0.3 is 0 Å². The van der Waals surface area contributed by atoms with Gasteiger partial charge in [-0.1, -0.05) is 30.4 Å². The summed E-state index contributed by atoms with van der Waals surface area (Å²) >= 11 is 0. The molecule has 4 N–H and O–H groups in total. The summed E-state index contributed by atoms with van der Waals surface area (Å²) in [6, 6.07) is 8.07. The molecule has 0 radical (unpaired) electrons. The fourth-order valence-corrected chi connectivity index (χ4v) is 4.25. The number of nitrogens with one attached hydrogen (secondary N) is 3. The van der Waals surface area contributed by atoms with Crippen LogP contribution in [0.15, 0.2) is 59.3 Å². The number of aromatic nitrogens is 1. The zero-order valence-corrected chi connectivity index (χ0v) is 18.5. The maximum atomic E-state index is 10.8. The number of fused-ring (bicyclic) bond motifs is 1. The highest BCUT2D eigenvalue weighted by molar-refractivity contribution is 5.87. The minimum Gasteiger partial charge on any atom is -0.496 e. The fraction of sp³-hybridized carbons (Fsp3) is 0.360. The second-order valence-electron chi connectivity index (χ2n) is 8.21. The Kier molecular flexibility index (Phi) is 6.61. The van der Waals surface area contributed by atoms with Crippen LogP contribution in [0.2, 0.25) is 0 Å². The van der Waals surface area contributed by atoms with E-state index in [0.717, 1.165) is 60.0 Å². The van der Waals surface area contributed by atoms with Crippen molar-refractivity contribution in [3.63, 3.8) is 0 Å². The van der Waals surface area contributed by atoms with Crippen molar-refractivity contribution in [3.05, 3.63) is 64.9 Å². The predicted molar refractivity (Wildman–Crippen MR) is 127 cm³/mol. The van der Waals surface area contributed by atoms with Crippen LogP contribution in [-0.4, -0.2) is 68.5 Å². The second-order valence-corrected chi connectivity index (χ2v) is 8.21. The molecule has 1 unspecified atom stereocenters. The van der Waals surface area contributed by atoms with E-state index in [-0.39, 0.29) is 0 Å². The number of hydrogen-bond donors (Lipinski definition) is 4. The van der Waals surface area contributed by atoms with Gasteiger partial charge in [0.25, 0.3) is 0 Å². The van der Waals surface area contributed by atoms with Crippen LogP contribution in [0.4, 0.5) is 5.82 Å². The van der Waals surface area contributed by atoms with E-state index in [4.69, 9.17) is 4.74 Å². The molecule has 0 saturated carbocycles. The van der Waals surface area contributed by atoms with Crippen molar-refractivity contribution in [1.82, 2.24) is 15.2 Å². The summed E-state index contributed by atoms with van der Waals surface area (Å²) < 4.78 is 5.57. The predicted octanol–water partition coefficient (Wildman–Crippen LogP) is 3.27. The number of aliphatic hydroxyl groups is 1. The topological polar surface area (TPSA) is 72.5 Å². The number of hydrogen-bond acceptors (Lipinski definition) is 5. The molecule has 0 fully saturated rings. The normalized spacial score (nSPS) is 18.1. The highest BCUT2D eigenvalue weighted by Gasteiger charge is 2.24. The number of aliphatic hydroxyl groups excluding tert-OH is 1. The quantitative estimate of drug-likeness (QED) is 0.528. The Balaban J connectivity index is 1.58. The summed E-state index contributed by atoms with van der Waals surface area (Å²) in [5.74, 6) is 1.87. The molecule has 31 heavy (non-hydrogen) atoms. The number of methoxy groups -OCH3 is 1. The first-order chi connectivity index (χ1) is 15.1. The fourth-order valence-electron chi connectivity index (χ4n) is 4.25. The van der Waals surface area contributed by atoms with Gasteiger partial charge in [0.1, 0.15) is 11.6 Å². The number of likely N-dealkylation sites (N-methyl/N-ethyl adjacent to an activating group) is 2. The Morgan fingerprint density at radius 1 is 1.19 bits per heavy atom. The van der Waals surface area contributed by atoms with Crippen molar-refractivity contribution in [3.8, 4) is 16.9 Å². The lowest BCUT2D eigenvalue weighted by molar-refractivity contribution is 0.196. The van der Waals surface area contributed by atoms with Gasteiger partial charge in [0, 0.05) is 55.5 Å². The van der Waals surface area contributed by atoms with Gasteiger partial charge in [0.15, 0.2) is 0 Å². The van der Waals surface area contributed by atoms with E-state index in [1.807, 2.05) is 31.4 Å². The van der Waals surface area contributed by atoms with Crippen molar-refractivity contribution in [1.29, 1.82) is 0 Å². The van der Waals surface area contributed by atoms with Crippen LogP contribution in [0.5, 0.6) is 5.75 Å². The summed E-state index contributed by atoms with van der Waals surface area (Å²) in [7, 11) is 5.75. The van der Waals surface area contributed by atoms with Crippen LogP contribution < -0.4 is 15.4 Å². The molecule has 0 amide bonds. The van der Waals surface area contributed by atoms with Crippen LogP contribution in [-0.2, 0) is 0 Å². The molecule has 2 aliphatic rings. The Morgan fingerprint density at radius 3 is 2.81 bits per heavy atom. The van der Waals surface area contributed by atoms with Gasteiger partial charge in [-0.05, 0) is 43.0 Å². The molecule has 2 aromatic rings. The van der Waals surface area contributed by atoms with E-state index in [9.17, 15) is 5.11 Å². The largest absolute Gasteiger partial charge is 0.496 e. The van der Waals surface area contributed by atoms with Gasteiger partial charge in [0.05, 0.1) is 13.2 Å². The SMILES string of the molecule is CNCCN(C)CC1=CC=C(C2=Cc3c(-c4ccccc4OC)c[nH]c3NC2)CC1O. The number of anilines is 1. The average Bonchev–Trinajstić information content (AvgIpc) is 3.22. The van der Waals surface area contributed by atoms with Crippen molar-refractivity contribution >= 4 is 11.9 Å². The number of nitrogens with zero attached hydrogens (tertiary/aromatic N) is 1. The highest BCUT2D eigenvalue weighted by Crippen LogP contribution is 2.39. The smallest absolute Gasteiger partial charge is 0.126 e. The van der Waals surface area contributed by atoms with E-state index < -0.39 is 6.10 Å². The molecule has 2 heterocycles. The van der Waals surface area contributed by atoms with Gasteiger partial charge in [-0.25, -0.2) is 0 Å². The summed E-state index contributed by atoms with van der Waals surface area (Å²) in [4.78, 5) is 5.58. The van der Waals surface area contributed by atoms with Crippen LogP contribution in [0, 0.1) is 0 Å².